The van der Waals surface area contributed by atoms with Gasteiger partial charge in [-0.1, -0.05) is 17.7 Å². The Morgan fingerprint density at radius 2 is 2.10 bits per heavy atom. The lowest BCUT2D eigenvalue weighted by atomic mass is 10.1. The molecule has 0 unspecified atom stereocenters. The molecule has 0 aromatic heterocycles. The number of hydrogen-bond acceptors (Lipinski definition) is 4. The van der Waals surface area contributed by atoms with Crippen molar-refractivity contribution in [3.8, 4) is 0 Å². The molecule has 1 aromatic rings. The smallest absolute Gasteiger partial charge is 0.303 e. The van der Waals surface area contributed by atoms with Gasteiger partial charge in [-0.15, -0.1) is 0 Å². The SMILES string of the molecule is CN(CCCC(=O)O)C(=O)c1c(Cl)cccc1[N+](=O)[O-]. The van der Waals surface area contributed by atoms with Crippen molar-refractivity contribution in [1.82, 2.24) is 4.90 Å². The van der Waals surface area contributed by atoms with Crippen molar-refractivity contribution in [1.29, 1.82) is 0 Å². The predicted molar refractivity (Wildman–Crippen MR) is 71.9 cm³/mol. The molecule has 20 heavy (non-hydrogen) atoms. The van der Waals surface area contributed by atoms with Gasteiger partial charge < -0.3 is 10.0 Å². The molecule has 108 valence electrons. The summed E-state index contributed by atoms with van der Waals surface area (Å²) in [6, 6.07) is 3.98. The van der Waals surface area contributed by atoms with Crippen molar-refractivity contribution in [2.45, 2.75) is 12.8 Å². The number of aliphatic carboxylic acids is 1. The van der Waals surface area contributed by atoms with Gasteiger partial charge in [-0.25, -0.2) is 0 Å². The molecular weight excluding hydrogens is 288 g/mol. The van der Waals surface area contributed by atoms with Gasteiger partial charge in [-0.3, -0.25) is 19.7 Å². The van der Waals surface area contributed by atoms with Crippen LogP contribution in [-0.4, -0.2) is 40.4 Å². The van der Waals surface area contributed by atoms with E-state index in [1.165, 1.54) is 30.1 Å². The fourth-order valence-electron chi connectivity index (χ4n) is 1.64. The molecule has 0 saturated carbocycles. The summed E-state index contributed by atoms with van der Waals surface area (Å²) in [4.78, 5) is 34.0. The van der Waals surface area contributed by atoms with Crippen molar-refractivity contribution >= 4 is 29.2 Å². The number of nitrogens with zero attached hydrogens (tertiary/aromatic N) is 2. The minimum Gasteiger partial charge on any atom is -0.481 e. The summed E-state index contributed by atoms with van der Waals surface area (Å²) < 4.78 is 0. The molecule has 0 fully saturated rings. The van der Waals surface area contributed by atoms with Crippen LogP contribution in [0.3, 0.4) is 0 Å². The largest absolute Gasteiger partial charge is 0.481 e. The molecule has 7 nitrogen and oxygen atoms in total. The summed E-state index contributed by atoms with van der Waals surface area (Å²) in [6.45, 7) is 0.174. The fraction of sp³-hybridized carbons (Fsp3) is 0.333. The Bertz CT molecular complexity index is 547. The minimum absolute atomic E-state index is 0.00529. The Hall–Kier alpha value is -2.15. The highest BCUT2D eigenvalue weighted by atomic mass is 35.5. The first-order valence-electron chi connectivity index (χ1n) is 5.74. The lowest BCUT2D eigenvalue weighted by molar-refractivity contribution is -0.385. The van der Waals surface area contributed by atoms with Crippen LogP contribution in [0.2, 0.25) is 5.02 Å². The summed E-state index contributed by atoms with van der Waals surface area (Å²) in [6.07, 6.45) is 0.179. The van der Waals surface area contributed by atoms with E-state index in [1.807, 2.05) is 0 Å². The second-order valence-electron chi connectivity index (χ2n) is 4.12. The third kappa shape index (κ3) is 3.92. The average molecular weight is 301 g/mol. The van der Waals surface area contributed by atoms with E-state index in [0.717, 1.165) is 0 Å². The zero-order valence-electron chi connectivity index (χ0n) is 10.7. The molecule has 0 saturated heterocycles. The lowest BCUT2D eigenvalue weighted by Gasteiger charge is -2.17. The Balaban J connectivity index is 2.91. The molecule has 0 bridgehead atoms. The van der Waals surface area contributed by atoms with Gasteiger partial charge in [0.25, 0.3) is 11.6 Å². The first-order valence-corrected chi connectivity index (χ1v) is 6.12. The van der Waals surface area contributed by atoms with Gasteiger partial charge in [0.2, 0.25) is 0 Å². The molecule has 8 heteroatoms. The van der Waals surface area contributed by atoms with Crippen molar-refractivity contribution in [2.24, 2.45) is 0 Å². The first kappa shape index (κ1) is 15.9. The number of amides is 1. The number of benzene rings is 1. The van der Waals surface area contributed by atoms with E-state index in [9.17, 15) is 19.7 Å². The van der Waals surface area contributed by atoms with E-state index in [2.05, 4.69) is 0 Å². The molecule has 0 aliphatic carbocycles. The molecule has 1 aromatic carbocycles. The maximum absolute atomic E-state index is 12.2. The van der Waals surface area contributed by atoms with Crippen molar-refractivity contribution < 1.29 is 19.6 Å². The summed E-state index contributed by atoms with van der Waals surface area (Å²) in [5, 5.41) is 19.4. The predicted octanol–water partition coefficient (Wildman–Crippen LogP) is 2.18. The average Bonchev–Trinajstić information content (AvgIpc) is 2.36. The number of nitro groups is 1. The van der Waals surface area contributed by atoms with Crippen LogP contribution in [0, 0.1) is 10.1 Å². The lowest BCUT2D eigenvalue weighted by Crippen LogP contribution is -2.29. The van der Waals surface area contributed by atoms with Crippen LogP contribution in [-0.2, 0) is 4.79 Å². The number of nitro benzene ring substituents is 1. The van der Waals surface area contributed by atoms with Crippen LogP contribution < -0.4 is 0 Å². The van der Waals surface area contributed by atoms with E-state index >= 15 is 0 Å². The zero-order chi connectivity index (χ0) is 15.3. The monoisotopic (exact) mass is 300 g/mol. The third-order valence-electron chi connectivity index (χ3n) is 2.63. The molecule has 1 amide bonds. The topological polar surface area (TPSA) is 101 Å². The number of carboxylic acids is 1. The molecule has 0 radical (unpaired) electrons. The molecule has 1 N–H and O–H groups in total. The van der Waals surface area contributed by atoms with Crippen molar-refractivity contribution in [3.05, 3.63) is 38.9 Å². The molecule has 0 aliphatic heterocycles. The van der Waals surface area contributed by atoms with E-state index in [4.69, 9.17) is 16.7 Å². The van der Waals surface area contributed by atoms with Crippen LogP contribution >= 0.6 is 11.6 Å². The number of hydrogen-bond donors (Lipinski definition) is 1. The number of rotatable bonds is 6. The van der Waals surface area contributed by atoms with Crippen LogP contribution in [0.4, 0.5) is 5.69 Å². The normalized spacial score (nSPS) is 10.1. The standard InChI is InChI=1S/C12H13ClN2O5/c1-14(7-3-6-10(16)17)12(18)11-8(13)4-2-5-9(11)15(19)20/h2,4-5H,3,6-7H2,1H3,(H,16,17). The van der Waals surface area contributed by atoms with Gasteiger partial charge >= 0.3 is 5.97 Å². The molecular formula is C12H13ClN2O5. The fourth-order valence-corrected chi connectivity index (χ4v) is 1.89. The second-order valence-corrected chi connectivity index (χ2v) is 4.52. The van der Waals surface area contributed by atoms with Crippen LogP contribution in [0.15, 0.2) is 18.2 Å². The van der Waals surface area contributed by atoms with Crippen LogP contribution in [0.5, 0.6) is 0 Å². The molecule has 1 rings (SSSR count). The van der Waals surface area contributed by atoms with Gasteiger partial charge in [0, 0.05) is 26.1 Å². The van der Waals surface area contributed by atoms with Gasteiger partial charge in [-0.05, 0) is 12.5 Å². The van der Waals surface area contributed by atoms with Gasteiger partial charge in [0.1, 0.15) is 5.56 Å². The zero-order valence-corrected chi connectivity index (χ0v) is 11.5. The summed E-state index contributed by atoms with van der Waals surface area (Å²) in [5.41, 5.74) is -0.551. The quantitative estimate of drug-likeness (QED) is 0.641. The van der Waals surface area contributed by atoms with Gasteiger partial charge in [0.05, 0.1) is 9.95 Å². The summed E-state index contributed by atoms with van der Waals surface area (Å²) in [7, 11) is 1.44. The minimum atomic E-state index is -0.963. The highest BCUT2D eigenvalue weighted by Gasteiger charge is 2.25. The van der Waals surface area contributed by atoms with Crippen molar-refractivity contribution in [2.75, 3.05) is 13.6 Å². The number of carbonyl (C=O) groups excluding carboxylic acids is 1. The summed E-state index contributed by atoms with van der Waals surface area (Å²) >= 11 is 5.85. The number of carboxylic acid groups (broad SMARTS) is 1. The van der Waals surface area contributed by atoms with Crippen molar-refractivity contribution in [3.63, 3.8) is 0 Å². The highest BCUT2D eigenvalue weighted by Crippen LogP contribution is 2.27. The molecule has 0 atom stereocenters. The van der Waals surface area contributed by atoms with Gasteiger partial charge in [-0.2, -0.15) is 0 Å². The molecule has 0 aliphatic rings. The van der Waals surface area contributed by atoms with E-state index < -0.39 is 16.8 Å². The Labute approximate surface area is 119 Å². The number of halogens is 1. The first-order chi connectivity index (χ1) is 9.34. The number of carbonyl (C=O) groups is 2. The van der Waals surface area contributed by atoms with Crippen LogP contribution in [0.1, 0.15) is 23.2 Å². The second kappa shape index (κ2) is 6.85. The Morgan fingerprint density at radius 3 is 2.65 bits per heavy atom. The Morgan fingerprint density at radius 1 is 1.45 bits per heavy atom. The van der Waals surface area contributed by atoms with E-state index in [-0.39, 0.29) is 35.7 Å². The third-order valence-corrected chi connectivity index (χ3v) is 2.95. The molecule has 0 spiro atoms. The maximum atomic E-state index is 12.2. The van der Waals surface area contributed by atoms with Gasteiger partial charge in [0.15, 0.2) is 0 Å². The van der Waals surface area contributed by atoms with E-state index in [0.29, 0.717) is 0 Å². The molecule has 0 heterocycles. The van der Waals surface area contributed by atoms with Crippen LogP contribution in [0.25, 0.3) is 0 Å². The summed E-state index contributed by atoms with van der Waals surface area (Å²) in [5.74, 6) is -1.57. The maximum Gasteiger partial charge on any atom is 0.303 e. The van der Waals surface area contributed by atoms with E-state index in [1.54, 1.807) is 0 Å². The Kier molecular flexibility index (Phi) is 5.45. The highest BCUT2D eigenvalue weighted by molar-refractivity contribution is 6.34.